The minimum absolute atomic E-state index is 0.0156. The van der Waals surface area contributed by atoms with E-state index in [1.54, 1.807) is 6.92 Å². The summed E-state index contributed by atoms with van der Waals surface area (Å²) in [6.45, 7) is 5.29. The molecule has 3 fully saturated rings. The molecular weight excluding hydrogens is 406 g/mol. The molecule has 32 heavy (non-hydrogen) atoms. The fourth-order valence-corrected chi connectivity index (χ4v) is 5.17. The number of rotatable bonds is 6. The van der Waals surface area contributed by atoms with E-state index >= 15 is 0 Å². The number of piperidine rings is 1. The Balaban J connectivity index is 1.27. The zero-order chi connectivity index (χ0) is 22.1. The second-order valence-electron chi connectivity index (χ2n) is 9.74. The standard InChI is InChI=1S/C25H31N3O4/c1-18-22(16-32-26-18)24(30)27-11-9-25(10-12-27)13-21(15-31-14-19-7-8-19)28(17-25)23(29)20-5-3-2-4-6-20/h2-6,16,19,21H,7-15,17H2,1H3. The van der Waals surface area contributed by atoms with Gasteiger partial charge in [0, 0.05) is 31.8 Å². The lowest BCUT2D eigenvalue weighted by atomic mass is 9.76. The van der Waals surface area contributed by atoms with Gasteiger partial charge in [-0.2, -0.15) is 0 Å². The van der Waals surface area contributed by atoms with Gasteiger partial charge in [0.1, 0.15) is 11.8 Å². The van der Waals surface area contributed by atoms with Gasteiger partial charge in [-0.25, -0.2) is 0 Å². The smallest absolute Gasteiger partial charge is 0.259 e. The molecule has 1 saturated carbocycles. The van der Waals surface area contributed by atoms with Crippen molar-refractivity contribution < 1.29 is 18.8 Å². The number of aromatic nitrogens is 1. The van der Waals surface area contributed by atoms with Crippen molar-refractivity contribution in [2.75, 3.05) is 32.8 Å². The van der Waals surface area contributed by atoms with Gasteiger partial charge in [0.15, 0.2) is 0 Å². The highest BCUT2D eigenvalue weighted by atomic mass is 16.5. The SMILES string of the molecule is Cc1nocc1C(=O)N1CCC2(CC1)CC(COCC1CC1)N(C(=O)c1ccccc1)C2. The summed E-state index contributed by atoms with van der Waals surface area (Å²) in [6, 6.07) is 9.62. The first-order valence-electron chi connectivity index (χ1n) is 11.7. The zero-order valence-corrected chi connectivity index (χ0v) is 18.7. The highest BCUT2D eigenvalue weighted by Gasteiger charge is 2.48. The molecule has 1 aromatic heterocycles. The largest absolute Gasteiger partial charge is 0.379 e. The Morgan fingerprint density at radius 3 is 2.53 bits per heavy atom. The van der Waals surface area contributed by atoms with Gasteiger partial charge < -0.3 is 19.1 Å². The van der Waals surface area contributed by atoms with Crippen LogP contribution in [0.2, 0.25) is 0 Å². The van der Waals surface area contributed by atoms with E-state index in [0.717, 1.165) is 38.0 Å². The fraction of sp³-hybridized carbons (Fsp3) is 0.560. The van der Waals surface area contributed by atoms with Crippen LogP contribution in [0.5, 0.6) is 0 Å². The molecule has 3 aliphatic rings. The quantitative estimate of drug-likeness (QED) is 0.691. The second-order valence-corrected chi connectivity index (χ2v) is 9.74. The number of nitrogens with zero attached hydrogens (tertiary/aromatic N) is 3. The third kappa shape index (κ3) is 4.31. The van der Waals surface area contributed by atoms with E-state index in [-0.39, 0.29) is 23.3 Å². The van der Waals surface area contributed by atoms with Crippen LogP contribution in [0.25, 0.3) is 0 Å². The van der Waals surface area contributed by atoms with Crippen LogP contribution in [0.15, 0.2) is 41.1 Å². The van der Waals surface area contributed by atoms with Crippen molar-refractivity contribution in [2.45, 2.75) is 45.1 Å². The molecular formula is C25H31N3O4. The summed E-state index contributed by atoms with van der Waals surface area (Å²) in [5, 5.41) is 3.84. The molecule has 5 rings (SSSR count). The molecule has 2 aliphatic heterocycles. The van der Waals surface area contributed by atoms with Gasteiger partial charge in [0.2, 0.25) is 0 Å². The summed E-state index contributed by atoms with van der Waals surface area (Å²) in [6.07, 6.45) is 6.67. The molecule has 1 unspecified atom stereocenters. The molecule has 1 aliphatic carbocycles. The highest BCUT2D eigenvalue weighted by Crippen LogP contribution is 2.44. The molecule has 170 valence electrons. The summed E-state index contributed by atoms with van der Waals surface area (Å²) >= 11 is 0. The van der Waals surface area contributed by atoms with Gasteiger partial charge >= 0.3 is 0 Å². The average Bonchev–Trinajstić information content (AvgIpc) is 3.44. The van der Waals surface area contributed by atoms with Gasteiger partial charge in [0.25, 0.3) is 11.8 Å². The van der Waals surface area contributed by atoms with E-state index in [4.69, 9.17) is 9.26 Å². The molecule has 2 aromatic rings. The zero-order valence-electron chi connectivity index (χ0n) is 18.7. The van der Waals surface area contributed by atoms with Crippen molar-refractivity contribution in [2.24, 2.45) is 11.3 Å². The predicted octanol–water partition coefficient (Wildman–Crippen LogP) is 3.55. The van der Waals surface area contributed by atoms with E-state index in [1.165, 1.54) is 19.1 Å². The van der Waals surface area contributed by atoms with E-state index in [9.17, 15) is 9.59 Å². The Labute approximate surface area is 188 Å². The number of ether oxygens (including phenoxy) is 1. The van der Waals surface area contributed by atoms with Gasteiger partial charge in [-0.3, -0.25) is 9.59 Å². The minimum atomic E-state index is -0.0156. The third-order valence-corrected chi connectivity index (χ3v) is 7.35. The Morgan fingerprint density at radius 2 is 1.88 bits per heavy atom. The maximum absolute atomic E-state index is 13.3. The van der Waals surface area contributed by atoms with E-state index < -0.39 is 0 Å². The maximum Gasteiger partial charge on any atom is 0.259 e. The van der Waals surface area contributed by atoms with Crippen molar-refractivity contribution in [3.8, 4) is 0 Å². The number of carbonyl (C=O) groups excluding carboxylic acids is 2. The molecule has 2 saturated heterocycles. The van der Waals surface area contributed by atoms with Crippen LogP contribution in [-0.2, 0) is 4.74 Å². The van der Waals surface area contributed by atoms with E-state index in [1.807, 2.05) is 40.1 Å². The van der Waals surface area contributed by atoms with Gasteiger partial charge in [-0.1, -0.05) is 23.4 Å². The number of aryl methyl sites for hydroxylation is 1. The van der Waals surface area contributed by atoms with Crippen LogP contribution in [-0.4, -0.2) is 65.7 Å². The normalized spacial score (nSPS) is 22.5. The molecule has 1 spiro atoms. The third-order valence-electron chi connectivity index (χ3n) is 7.35. The van der Waals surface area contributed by atoms with Crippen LogP contribution in [0.1, 0.15) is 58.5 Å². The lowest BCUT2D eigenvalue weighted by molar-refractivity contribution is 0.0506. The summed E-state index contributed by atoms with van der Waals surface area (Å²) in [7, 11) is 0. The molecule has 0 radical (unpaired) electrons. The van der Waals surface area contributed by atoms with E-state index in [2.05, 4.69) is 5.16 Å². The van der Waals surface area contributed by atoms with Crippen molar-refractivity contribution >= 4 is 11.8 Å². The number of likely N-dealkylation sites (tertiary alicyclic amines) is 2. The Hall–Kier alpha value is -2.67. The first-order chi connectivity index (χ1) is 15.5. The highest BCUT2D eigenvalue weighted by molar-refractivity contribution is 5.95. The molecule has 1 aromatic carbocycles. The summed E-state index contributed by atoms with van der Waals surface area (Å²) in [5.41, 5.74) is 1.94. The Kier molecular flexibility index (Phi) is 5.76. The van der Waals surface area contributed by atoms with Gasteiger partial charge in [-0.05, 0) is 62.5 Å². The molecule has 7 nitrogen and oxygen atoms in total. The maximum atomic E-state index is 13.3. The monoisotopic (exact) mass is 437 g/mol. The second kappa shape index (κ2) is 8.70. The van der Waals surface area contributed by atoms with Crippen LogP contribution in [0, 0.1) is 18.3 Å². The van der Waals surface area contributed by atoms with Crippen LogP contribution in [0.3, 0.4) is 0 Å². The first-order valence-corrected chi connectivity index (χ1v) is 11.7. The first kappa shape index (κ1) is 21.2. The summed E-state index contributed by atoms with van der Waals surface area (Å²) in [4.78, 5) is 30.1. The number of hydrogen-bond acceptors (Lipinski definition) is 5. The Morgan fingerprint density at radius 1 is 1.12 bits per heavy atom. The van der Waals surface area contributed by atoms with Crippen LogP contribution in [0.4, 0.5) is 0 Å². The topological polar surface area (TPSA) is 75.9 Å². The van der Waals surface area contributed by atoms with Gasteiger partial charge in [-0.15, -0.1) is 0 Å². The molecule has 0 bridgehead atoms. The van der Waals surface area contributed by atoms with Crippen LogP contribution >= 0.6 is 0 Å². The molecule has 7 heteroatoms. The summed E-state index contributed by atoms with van der Waals surface area (Å²) < 4.78 is 11.0. The lowest BCUT2D eigenvalue weighted by Crippen LogP contribution is -2.45. The molecule has 0 N–H and O–H groups in total. The fourth-order valence-electron chi connectivity index (χ4n) is 5.17. The minimum Gasteiger partial charge on any atom is -0.379 e. The molecule has 1 atom stereocenters. The van der Waals surface area contributed by atoms with Gasteiger partial charge in [0.05, 0.1) is 18.3 Å². The van der Waals surface area contributed by atoms with Crippen molar-refractivity contribution in [1.82, 2.24) is 15.0 Å². The van der Waals surface area contributed by atoms with Crippen molar-refractivity contribution in [3.05, 3.63) is 53.4 Å². The number of benzene rings is 1. The predicted molar refractivity (Wildman–Crippen MR) is 118 cm³/mol. The summed E-state index contributed by atoms with van der Waals surface area (Å²) in [5.74, 6) is 0.776. The van der Waals surface area contributed by atoms with Crippen molar-refractivity contribution in [3.63, 3.8) is 0 Å². The van der Waals surface area contributed by atoms with Crippen molar-refractivity contribution in [1.29, 1.82) is 0 Å². The average molecular weight is 438 g/mol. The van der Waals surface area contributed by atoms with E-state index in [0.29, 0.717) is 36.9 Å². The number of hydrogen-bond donors (Lipinski definition) is 0. The molecule has 2 amide bonds. The van der Waals surface area contributed by atoms with Crippen LogP contribution < -0.4 is 0 Å². The Bertz CT molecular complexity index is 961. The lowest BCUT2D eigenvalue weighted by Gasteiger charge is -2.39. The number of carbonyl (C=O) groups is 2. The number of amides is 2. The molecule has 3 heterocycles.